The molecule has 1 unspecified atom stereocenters. The van der Waals surface area contributed by atoms with Crippen LogP contribution in [0.1, 0.15) is 18.4 Å². The van der Waals surface area contributed by atoms with Crippen molar-refractivity contribution < 1.29 is 19.1 Å². The normalized spacial score (nSPS) is 16.7. The number of hydrogen-bond acceptors (Lipinski definition) is 5. The van der Waals surface area contributed by atoms with Crippen molar-refractivity contribution in [3.8, 4) is 6.07 Å². The largest absolute Gasteiger partial charge is 0.454 e. The van der Waals surface area contributed by atoms with Gasteiger partial charge >= 0.3 is 5.97 Å². The van der Waals surface area contributed by atoms with Gasteiger partial charge in [0.15, 0.2) is 6.61 Å². The summed E-state index contributed by atoms with van der Waals surface area (Å²) >= 11 is 0. The van der Waals surface area contributed by atoms with Crippen molar-refractivity contribution in [3.05, 3.63) is 29.8 Å². The van der Waals surface area contributed by atoms with Crippen LogP contribution in [0.15, 0.2) is 24.3 Å². The molecule has 1 aromatic carbocycles. The van der Waals surface area contributed by atoms with Gasteiger partial charge in [-0.2, -0.15) is 5.26 Å². The van der Waals surface area contributed by atoms with E-state index in [0.717, 1.165) is 0 Å². The van der Waals surface area contributed by atoms with Crippen molar-refractivity contribution in [2.75, 3.05) is 11.9 Å². The highest BCUT2D eigenvalue weighted by Gasteiger charge is 2.28. The summed E-state index contributed by atoms with van der Waals surface area (Å²) in [7, 11) is 0. The number of nitriles is 1. The molecule has 2 amide bonds. The molecule has 0 aromatic heterocycles. The highest BCUT2D eigenvalue weighted by molar-refractivity contribution is 5.95. The minimum absolute atomic E-state index is 0.204. The van der Waals surface area contributed by atoms with E-state index in [9.17, 15) is 14.4 Å². The molecule has 21 heavy (non-hydrogen) atoms. The second-order valence-electron chi connectivity index (χ2n) is 4.47. The van der Waals surface area contributed by atoms with Gasteiger partial charge < -0.3 is 15.4 Å². The number of rotatable bonds is 4. The number of nitrogens with zero attached hydrogens (tertiary/aromatic N) is 1. The molecule has 7 nitrogen and oxygen atoms in total. The summed E-state index contributed by atoms with van der Waals surface area (Å²) in [5.74, 6) is -1.38. The van der Waals surface area contributed by atoms with Crippen LogP contribution in [-0.4, -0.2) is 30.4 Å². The summed E-state index contributed by atoms with van der Waals surface area (Å²) in [6, 6.07) is 7.76. The lowest BCUT2D eigenvalue weighted by Crippen LogP contribution is -2.36. The predicted octanol–water partition coefficient (Wildman–Crippen LogP) is 0.319. The number of para-hydroxylation sites is 1. The lowest BCUT2D eigenvalue weighted by Gasteiger charge is -2.10. The minimum atomic E-state index is -0.684. The minimum Gasteiger partial charge on any atom is -0.454 e. The fraction of sp³-hybridized carbons (Fsp3) is 0.286. The lowest BCUT2D eigenvalue weighted by molar-refractivity contribution is -0.149. The quantitative estimate of drug-likeness (QED) is 0.775. The molecular weight excluding hydrogens is 274 g/mol. The summed E-state index contributed by atoms with van der Waals surface area (Å²) < 4.78 is 4.83. The van der Waals surface area contributed by atoms with Crippen molar-refractivity contribution in [3.63, 3.8) is 0 Å². The molecule has 1 heterocycles. The van der Waals surface area contributed by atoms with E-state index in [1.54, 1.807) is 24.3 Å². The van der Waals surface area contributed by atoms with Crippen LogP contribution in [0, 0.1) is 11.3 Å². The standard InChI is InChI=1S/C14H13N3O4/c15-7-9-3-1-2-4-10(9)16-13(19)8-21-14(20)11-5-6-12(18)17-11/h1-4,11H,5-6,8H2,(H,16,19)(H,17,18). The monoisotopic (exact) mass is 287 g/mol. The average molecular weight is 287 g/mol. The molecule has 108 valence electrons. The molecule has 0 radical (unpaired) electrons. The molecule has 0 aliphatic carbocycles. The first-order valence-corrected chi connectivity index (χ1v) is 6.35. The highest BCUT2D eigenvalue weighted by Crippen LogP contribution is 2.13. The maximum atomic E-state index is 11.7. The van der Waals surface area contributed by atoms with Crippen molar-refractivity contribution >= 4 is 23.5 Å². The van der Waals surface area contributed by atoms with Crippen molar-refractivity contribution in [2.24, 2.45) is 0 Å². The van der Waals surface area contributed by atoms with E-state index < -0.39 is 24.5 Å². The average Bonchev–Trinajstić information content (AvgIpc) is 2.92. The van der Waals surface area contributed by atoms with Gasteiger partial charge in [0.05, 0.1) is 11.3 Å². The zero-order valence-electron chi connectivity index (χ0n) is 11.1. The summed E-state index contributed by atoms with van der Waals surface area (Å²) in [6.45, 7) is -0.467. The molecule has 7 heteroatoms. The molecule has 0 saturated carbocycles. The van der Waals surface area contributed by atoms with Crippen LogP contribution in [0.3, 0.4) is 0 Å². The van der Waals surface area contributed by atoms with Crippen LogP contribution in [0.2, 0.25) is 0 Å². The second-order valence-corrected chi connectivity index (χ2v) is 4.47. The molecule has 0 spiro atoms. The Balaban J connectivity index is 1.84. The third-order valence-electron chi connectivity index (χ3n) is 2.95. The van der Waals surface area contributed by atoms with Crippen LogP contribution in [-0.2, 0) is 19.1 Å². The van der Waals surface area contributed by atoms with Crippen LogP contribution < -0.4 is 10.6 Å². The zero-order valence-corrected chi connectivity index (χ0v) is 11.1. The zero-order chi connectivity index (χ0) is 15.2. The van der Waals surface area contributed by atoms with Gasteiger partial charge in [0.25, 0.3) is 5.91 Å². The van der Waals surface area contributed by atoms with E-state index in [1.807, 2.05) is 6.07 Å². The van der Waals surface area contributed by atoms with Gasteiger partial charge in [-0.3, -0.25) is 9.59 Å². The number of carbonyl (C=O) groups is 3. The molecular formula is C14H13N3O4. The number of nitrogens with one attached hydrogen (secondary N) is 2. The van der Waals surface area contributed by atoms with Gasteiger partial charge in [0.1, 0.15) is 12.1 Å². The van der Waals surface area contributed by atoms with Gasteiger partial charge in [-0.05, 0) is 18.6 Å². The SMILES string of the molecule is N#Cc1ccccc1NC(=O)COC(=O)C1CCC(=O)N1. The second kappa shape index (κ2) is 6.52. The predicted molar refractivity (Wildman–Crippen MR) is 71.9 cm³/mol. The van der Waals surface area contributed by atoms with Gasteiger partial charge in [-0.15, -0.1) is 0 Å². The van der Waals surface area contributed by atoms with Crippen LogP contribution in [0.25, 0.3) is 0 Å². The van der Waals surface area contributed by atoms with E-state index in [-0.39, 0.29) is 12.3 Å². The number of ether oxygens (including phenoxy) is 1. The first-order valence-electron chi connectivity index (χ1n) is 6.35. The van der Waals surface area contributed by atoms with Gasteiger partial charge in [-0.25, -0.2) is 4.79 Å². The molecule has 0 bridgehead atoms. The molecule has 1 aliphatic heterocycles. The Bertz CT molecular complexity index is 621. The van der Waals surface area contributed by atoms with E-state index in [0.29, 0.717) is 17.7 Å². The van der Waals surface area contributed by atoms with E-state index >= 15 is 0 Å². The van der Waals surface area contributed by atoms with Gasteiger partial charge in [0, 0.05) is 6.42 Å². The fourth-order valence-electron chi connectivity index (χ4n) is 1.90. The van der Waals surface area contributed by atoms with Crippen LogP contribution >= 0.6 is 0 Å². The van der Waals surface area contributed by atoms with Crippen LogP contribution in [0.4, 0.5) is 5.69 Å². The van der Waals surface area contributed by atoms with Crippen molar-refractivity contribution in [1.82, 2.24) is 5.32 Å². The number of amides is 2. The summed E-state index contributed by atoms with van der Waals surface area (Å²) in [5, 5.41) is 13.8. The Morgan fingerprint density at radius 3 is 2.86 bits per heavy atom. The smallest absolute Gasteiger partial charge is 0.329 e. The number of anilines is 1. The van der Waals surface area contributed by atoms with E-state index in [1.165, 1.54) is 0 Å². The van der Waals surface area contributed by atoms with E-state index in [2.05, 4.69) is 10.6 Å². The molecule has 1 saturated heterocycles. The lowest BCUT2D eigenvalue weighted by atomic mass is 10.2. The topological polar surface area (TPSA) is 108 Å². The maximum absolute atomic E-state index is 11.7. The van der Waals surface area contributed by atoms with Gasteiger partial charge in [0.2, 0.25) is 5.91 Å². The summed E-state index contributed by atoms with van der Waals surface area (Å²) in [4.78, 5) is 34.3. The summed E-state index contributed by atoms with van der Waals surface area (Å²) in [6.07, 6.45) is 0.651. The third kappa shape index (κ3) is 3.79. The third-order valence-corrected chi connectivity index (χ3v) is 2.95. The molecule has 2 rings (SSSR count). The maximum Gasteiger partial charge on any atom is 0.329 e. The Morgan fingerprint density at radius 1 is 1.43 bits per heavy atom. The number of benzene rings is 1. The molecule has 2 N–H and O–H groups in total. The molecule has 1 atom stereocenters. The highest BCUT2D eigenvalue weighted by atomic mass is 16.5. The molecule has 1 fully saturated rings. The Hall–Kier alpha value is -2.88. The van der Waals surface area contributed by atoms with Crippen molar-refractivity contribution in [1.29, 1.82) is 5.26 Å². The first kappa shape index (κ1) is 14.5. The van der Waals surface area contributed by atoms with Crippen LogP contribution in [0.5, 0.6) is 0 Å². The summed E-state index contributed by atoms with van der Waals surface area (Å²) in [5.41, 5.74) is 0.676. The van der Waals surface area contributed by atoms with Crippen molar-refractivity contribution in [2.45, 2.75) is 18.9 Å². The molecule has 1 aromatic rings. The Kier molecular flexibility index (Phi) is 4.51. The fourth-order valence-corrected chi connectivity index (χ4v) is 1.90. The van der Waals surface area contributed by atoms with Gasteiger partial charge in [-0.1, -0.05) is 12.1 Å². The number of hydrogen-bond donors (Lipinski definition) is 2. The Labute approximate surface area is 120 Å². The Morgan fingerprint density at radius 2 is 2.19 bits per heavy atom. The number of esters is 1. The van der Waals surface area contributed by atoms with E-state index in [4.69, 9.17) is 10.00 Å². The number of carbonyl (C=O) groups excluding carboxylic acids is 3. The molecule has 1 aliphatic rings. The first-order chi connectivity index (χ1) is 10.1.